The molecule has 0 bridgehead atoms. The van der Waals surface area contributed by atoms with E-state index >= 15 is 0 Å². The third-order valence-corrected chi connectivity index (χ3v) is 11.0. The maximum Gasteiger partial charge on any atom is 0.0885 e. The summed E-state index contributed by atoms with van der Waals surface area (Å²) in [4.78, 5) is 3.83. The molecule has 33 heavy (non-hydrogen) atoms. The predicted octanol–water partition coefficient (Wildman–Crippen LogP) is 4.08. The van der Waals surface area contributed by atoms with Crippen molar-refractivity contribution in [1.82, 2.24) is 4.98 Å². The number of para-hydroxylation sites is 1. The van der Waals surface area contributed by atoms with Crippen molar-refractivity contribution in [2.75, 3.05) is 6.61 Å². The monoisotopic (exact) mass is 453 g/mol. The molecule has 5 nitrogen and oxygen atoms in total. The van der Waals surface area contributed by atoms with Gasteiger partial charge >= 0.3 is 0 Å². The molecule has 0 radical (unpaired) electrons. The first kappa shape index (κ1) is 22.1. The molecule has 0 spiro atoms. The van der Waals surface area contributed by atoms with Crippen molar-refractivity contribution in [2.45, 2.75) is 95.5 Å². The van der Waals surface area contributed by atoms with Gasteiger partial charge in [0.25, 0.3) is 0 Å². The lowest BCUT2D eigenvalue weighted by Gasteiger charge is -2.68. The Balaban J connectivity index is 1.46. The number of aliphatic hydroxyl groups is 3. The highest BCUT2D eigenvalue weighted by Crippen LogP contribution is 2.71. The molecule has 180 valence electrons. The van der Waals surface area contributed by atoms with E-state index < -0.39 is 23.2 Å². The lowest BCUT2D eigenvalue weighted by molar-refractivity contribution is -0.295. The highest BCUT2D eigenvalue weighted by atomic mass is 16.5. The summed E-state index contributed by atoms with van der Waals surface area (Å²) in [5.74, 6) is 0.729. The molecule has 3 fully saturated rings. The average Bonchev–Trinajstić information content (AvgIpc) is 3.28. The second-order valence-corrected chi connectivity index (χ2v) is 12.5. The number of nitrogens with one attached hydrogen (secondary N) is 1. The third kappa shape index (κ3) is 2.57. The number of benzene rings is 1. The highest BCUT2D eigenvalue weighted by molar-refractivity contribution is 5.86. The van der Waals surface area contributed by atoms with Crippen LogP contribution in [0.25, 0.3) is 10.9 Å². The Hall–Kier alpha value is -1.40. The molecule has 8 atom stereocenters. The van der Waals surface area contributed by atoms with Gasteiger partial charge in [0.05, 0.1) is 30.5 Å². The summed E-state index contributed by atoms with van der Waals surface area (Å²) in [7, 11) is 0. The maximum absolute atomic E-state index is 11.6. The zero-order chi connectivity index (χ0) is 23.4. The molecule has 1 aromatic carbocycles. The van der Waals surface area contributed by atoms with Gasteiger partial charge < -0.3 is 25.0 Å². The summed E-state index contributed by atoms with van der Waals surface area (Å²) in [6, 6.07) is 8.65. The van der Waals surface area contributed by atoms with Gasteiger partial charge in [0.2, 0.25) is 0 Å². The molecule has 5 heteroatoms. The van der Waals surface area contributed by atoms with Gasteiger partial charge in [-0.3, -0.25) is 0 Å². The average molecular weight is 454 g/mol. The Bertz CT molecular complexity index is 1090. The van der Waals surface area contributed by atoms with Gasteiger partial charge in [-0.05, 0) is 74.8 Å². The summed E-state index contributed by atoms with van der Waals surface area (Å²) in [5, 5.41) is 34.5. The van der Waals surface area contributed by atoms with Gasteiger partial charge in [0, 0.05) is 33.8 Å². The Morgan fingerprint density at radius 1 is 1.15 bits per heavy atom. The number of aromatic nitrogens is 1. The normalized spacial score (nSPS) is 44.8. The smallest absolute Gasteiger partial charge is 0.0885 e. The van der Waals surface area contributed by atoms with Crippen molar-refractivity contribution >= 4 is 10.9 Å². The lowest BCUT2D eigenvalue weighted by atomic mass is 9.39. The van der Waals surface area contributed by atoms with E-state index in [2.05, 4.69) is 43.1 Å². The van der Waals surface area contributed by atoms with E-state index in [4.69, 9.17) is 4.74 Å². The Morgan fingerprint density at radius 3 is 2.64 bits per heavy atom. The van der Waals surface area contributed by atoms with Crippen LogP contribution in [0.1, 0.15) is 71.1 Å². The molecule has 2 heterocycles. The van der Waals surface area contributed by atoms with Crippen LogP contribution < -0.4 is 0 Å². The first-order valence-corrected chi connectivity index (χ1v) is 12.8. The van der Waals surface area contributed by atoms with Gasteiger partial charge in [-0.15, -0.1) is 0 Å². The van der Waals surface area contributed by atoms with Gasteiger partial charge in [0.1, 0.15) is 0 Å². The summed E-state index contributed by atoms with van der Waals surface area (Å²) in [6.45, 7) is 8.31. The van der Waals surface area contributed by atoms with E-state index in [-0.39, 0.29) is 29.5 Å². The quantitative estimate of drug-likeness (QED) is 0.552. The molecule has 1 unspecified atom stereocenters. The summed E-state index contributed by atoms with van der Waals surface area (Å²) in [6.07, 6.45) is 4.04. The summed E-state index contributed by atoms with van der Waals surface area (Å²) >= 11 is 0. The number of rotatable bonds is 2. The molecule has 6 rings (SSSR count). The second kappa shape index (κ2) is 6.84. The molecule has 0 amide bonds. The minimum atomic E-state index is -1.02. The van der Waals surface area contributed by atoms with Crippen molar-refractivity contribution in [3.05, 3.63) is 35.5 Å². The highest BCUT2D eigenvalue weighted by Gasteiger charge is 2.70. The van der Waals surface area contributed by atoms with Crippen LogP contribution in [0.2, 0.25) is 0 Å². The van der Waals surface area contributed by atoms with E-state index in [0.717, 1.165) is 32.1 Å². The van der Waals surface area contributed by atoms with Crippen LogP contribution in [0.3, 0.4) is 0 Å². The first-order valence-electron chi connectivity index (χ1n) is 12.8. The molecule has 3 aliphatic carbocycles. The van der Waals surface area contributed by atoms with Gasteiger partial charge in [-0.1, -0.05) is 32.0 Å². The number of hydrogen-bond donors (Lipinski definition) is 4. The number of H-pyrrole nitrogens is 1. The molecule has 1 saturated heterocycles. The number of ether oxygens (including phenoxy) is 1. The summed E-state index contributed by atoms with van der Waals surface area (Å²) in [5.41, 5.74) is 2.27. The van der Waals surface area contributed by atoms with Crippen molar-refractivity contribution in [3.8, 4) is 0 Å². The Kier molecular flexibility index (Phi) is 4.58. The van der Waals surface area contributed by atoms with Crippen LogP contribution >= 0.6 is 0 Å². The second-order valence-electron chi connectivity index (χ2n) is 12.5. The molecule has 1 aliphatic heterocycles. The van der Waals surface area contributed by atoms with Crippen LogP contribution in [0.5, 0.6) is 0 Å². The molecule has 1 aromatic heterocycles. The Morgan fingerprint density at radius 2 is 1.91 bits per heavy atom. The number of fused-ring (bicyclic) bond motifs is 9. The molecular formula is C28H39NO4. The Labute approximate surface area is 196 Å². The minimum Gasteiger partial charge on any atom is -0.396 e. The van der Waals surface area contributed by atoms with Crippen molar-refractivity contribution in [3.63, 3.8) is 0 Å². The van der Waals surface area contributed by atoms with E-state index in [1.807, 2.05) is 0 Å². The molecule has 4 N–H and O–H groups in total. The van der Waals surface area contributed by atoms with E-state index in [9.17, 15) is 15.3 Å². The fourth-order valence-electron chi connectivity index (χ4n) is 9.01. The van der Waals surface area contributed by atoms with E-state index in [0.29, 0.717) is 12.3 Å². The fourth-order valence-corrected chi connectivity index (χ4v) is 9.01. The maximum atomic E-state index is 11.6. The van der Waals surface area contributed by atoms with Crippen LogP contribution in [-0.2, 0) is 16.6 Å². The lowest BCUT2D eigenvalue weighted by Crippen LogP contribution is -2.70. The molecular weight excluding hydrogens is 414 g/mol. The first-order chi connectivity index (χ1) is 15.6. The number of hydrogen-bond acceptors (Lipinski definition) is 4. The number of aliphatic hydroxyl groups excluding tert-OH is 2. The largest absolute Gasteiger partial charge is 0.396 e. The molecule has 2 aromatic rings. The van der Waals surface area contributed by atoms with Gasteiger partial charge in [0.15, 0.2) is 0 Å². The van der Waals surface area contributed by atoms with Crippen LogP contribution in [0, 0.1) is 22.7 Å². The van der Waals surface area contributed by atoms with Crippen LogP contribution in [0.4, 0.5) is 0 Å². The van der Waals surface area contributed by atoms with Crippen LogP contribution in [-0.4, -0.2) is 50.8 Å². The predicted molar refractivity (Wildman–Crippen MR) is 128 cm³/mol. The minimum absolute atomic E-state index is 0.0375. The zero-order valence-electron chi connectivity index (χ0n) is 20.4. The SMILES string of the molecule is CC(C)(O)[C@@H]1C[C@@H](O)C2(CO)[C@H](CC[C@@]3(C)[C@H]2CC[C@H]2Cc4c([nH]c5ccccc45)[C@@]23C)O1. The summed E-state index contributed by atoms with van der Waals surface area (Å²) < 4.78 is 6.50. The topological polar surface area (TPSA) is 85.7 Å². The third-order valence-electron chi connectivity index (χ3n) is 11.0. The van der Waals surface area contributed by atoms with Gasteiger partial charge in [-0.25, -0.2) is 0 Å². The van der Waals surface area contributed by atoms with Crippen molar-refractivity contribution < 1.29 is 20.1 Å². The van der Waals surface area contributed by atoms with Crippen molar-refractivity contribution in [1.29, 1.82) is 0 Å². The van der Waals surface area contributed by atoms with E-state index in [1.165, 1.54) is 22.2 Å². The number of aromatic amines is 1. The standard InChI is InChI=1S/C28H39NO4/c1-25(2,32)23-14-21(31)28(15-30)20-10-9-16-13-18-17-7-5-6-8-19(17)29-24(18)27(16,4)26(20,3)12-11-22(28)33-23/h5-8,16,20-23,29-32H,9-15H2,1-4H3/t16-,20+,21+,22-,23-,26-,27+,28?/m0/s1. The van der Waals surface area contributed by atoms with Crippen LogP contribution in [0.15, 0.2) is 24.3 Å². The molecule has 4 aliphatic rings. The fraction of sp³-hybridized carbons (Fsp3) is 0.714. The van der Waals surface area contributed by atoms with Crippen molar-refractivity contribution in [2.24, 2.45) is 22.7 Å². The van der Waals surface area contributed by atoms with Gasteiger partial charge in [-0.2, -0.15) is 0 Å². The van der Waals surface area contributed by atoms with E-state index in [1.54, 1.807) is 13.8 Å². The molecule has 2 saturated carbocycles. The zero-order valence-corrected chi connectivity index (χ0v) is 20.4.